The molecular formula is C26H42N4O3. The fraction of sp³-hybridized carbons (Fsp3) is 0.731. The van der Waals surface area contributed by atoms with Crippen LogP contribution in [-0.2, 0) is 11.3 Å². The summed E-state index contributed by atoms with van der Waals surface area (Å²) in [6.07, 6.45) is 15.1. The van der Waals surface area contributed by atoms with Crippen LogP contribution in [0, 0.1) is 0 Å². The molecule has 3 atom stereocenters. The largest absolute Gasteiger partial charge is 0.443 e. The summed E-state index contributed by atoms with van der Waals surface area (Å²) in [5.41, 5.74) is 9.89. The van der Waals surface area contributed by atoms with Gasteiger partial charge in [-0.3, -0.25) is 4.90 Å². The molecular weight excluding hydrogens is 416 g/mol. The van der Waals surface area contributed by atoms with E-state index in [0.717, 1.165) is 24.8 Å². The van der Waals surface area contributed by atoms with E-state index in [2.05, 4.69) is 16.9 Å². The van der Waals surface area contributed by atoms with Gasteiger partial charge in [-0.05, 0) is 17.5 Å². The molecule has 7 nitrogen and oxygen atoms in total. The number of aliphatic hydroxyl groups is 1. The van der Waals surface area contributed by atoms with Crippen LogP contribution in [0.2, 0.25) is 0 Å². The van der Waals surface area contributed by atoms with Crippen molar-refractivity contribution in [3.8, 4) is 0 Å². The molecule has 1 aromatic rings. The zero-order chi connectivity index (χ0) is 23.7. The maximum absolute atomic E-state index is 12.6. The fourth-order valence-electron chi connectivity index (χ4n) is 4.66. The monoisotopic (exact) mass is 458 g/mol. The van der Waals surface area contributed by atoms with Crippen molar-refractivity contribution < 1.29 is 14.6 Å². The molecule has 2 rings (SSSR count). The van der Waals surface area contributed by atoms with Crippen LogP contribution < -0.4 is 0 Å². The Bertz CT molecular complexity index is 709. The van der Waals surface area contributed by atoms with Crippen LogP contribution in [0.15, 0.2) is 35.4 Å². The summed E-state index contributed by atoms with van der Waals surface area (Å²) in [7, 11) is 0. The lowest BCUT2D eigenvalue weighted by atomic mass is 9.96. The zero-order valence-electron chi connectivity index (χ0n) is 20.3. The van der Waals surface area contributed by atoms with Gasteiger partial charge >= 0.3 is 6.09 Å². The Hall–Kier alpha value is -2.24. The minimum Gasteiger partial charge on any atom is -0.443 e. The van der Waals surface area contributed by atoms with E-state index < -0.39 is 18.2 Å². The van der Waals surface area contributed by atoms with Gasteiger partial charge in [-0.25, -0.2) is 4.79 Å². The van der Waals surface area contributed by atoms with Crippen molar-refractivity contribution in [2.75, 3.05) is 6.61 Å². The highest BCUT2D eigenvalue weighted by atomic mass is 16.6. The van der Waals surface area contributed by atoms with Gasteiger partial charge in [0.25, 0.3) is 0 Å². The van der Waals surface area contributed by atoms with Crippen molar-refractivity contribution in [3.05, 3.63) is 46.3 Å². The van der Waals surface area contributed by atoms with Crippen LogP contribution >= 0.6 is 0 Å². The van der Waals surface area contributed by atoms with Gasteiger partial charge in [0.15, 0.2) is 0 Å². The van der Waals surface area contributed by atoms with E-state index in [-0.39, 0.29) is 12.6 Å². The van der Waals surface area contributed by atoms with Crippen molar-refractivity contribution >= 4 is 6.09 Å². The Kier molecular flexibility index (Phi) is 13.4. The van der Waals surface area contributed by atoms with Gasteiger partial charge < -0.3 is 9.84 Å². The number of cyclic esters (lactones) is 1. The van der Waals surface area contributed by atoms with Gasteiger partial charge in [-0.15, -0.1) is 0 Å². The van der Waals surface area contributed by atoms with Gasteiger partial charge in [-0.2, -0.15) is 0 Å². The standard InChI is InChI=1S/C26H42N4O3/c1-2-3-4-5-6-7-8-9-10-11-12-16-19-24-25(23(21-31)28-29-27)33-26(32)30(24)20-22-17-14-13-15-18-22/h13-15,17-18,23-25,31H,2-12,16,19-21H2,1H3/t23-,24+,25+/m0/s1. The SMILES string of the molecule is CCCCCCCCCCCCCC[C@@H]1[C@@H]([C@H](CO)N=[N+]=[N-])OC(=O)N1Cc1ccccc1. The number of ether oxygens (including phenoxy) is 1. The lowest BCUT2D eigenvalue weighted by Gasteiger charge is -2.27. The predicted molar refractivity (Wildman–Crippen MR) is 132 cm³/mol. The third-order valence-electron chi connectivity index (χ3n) is 6.57. The van der Waals surface area contributed by atoms with E-state index >= 15 is 0 Å². The summed E-state index contributed by atoms with van der Waals surface area (Å²) in [5, 5.41) is 13.4. The van der Waals surface area contributed by atoms with E-state index in [0.29, 0.717) is 6.54 Å². The molecule has 0 saturated carbocycles. The highest BCUT2D eigenvalue weighted by Crippen LogP contribution is 2.29. The van der Waals surface area contributed by atoms with E-state index in [4.69, 9.17) is 10.3 Å². The molecule has 0 bridgehead atoms. The number of azide groups is 1. The molecule has 33 heavy (non-hydrogen) atoms. The minimum absolute atomic E-state index is 0.205. The molecule has 0 aliphatic carbocycles. The Morgan fingerprint density at radius 2 is 1.58 bits per heavy atom. The Balaban J connectivity index is 1.78. The quantitative estimate of drug-likeness (QED) is 0.109. The number of carbonyl (C=O) groups excluding carboxylic acids is 1. The maximum Gasteiger partial charge on any atom is 0.410 e. The first kappa shape index (κ1) is 27.0. The molecule has 1 N–H and O–H groups in total. The Labute approximate surface area is 199 Å². The molecule has 7 heteroatoms. The van der Waals surface area contributed by atoms with Crippen molar-refractivity contribution in [2.24, 2.45) is 5.11 Å². The number of hydrogen-bond acceptors (Lipinski definition) is 4. The Morgan fingerprint density at radius 1 is 1.00 bits per heavy atom. The molecule has 0 aromatic heterocycles. The molecule has 1 saturated heterocycles. The smallest absolute Gasteiger partial charge is 0.410 e. The summed E-state index contributed by atoms with van der Waals surface area (Å²) in [5.74, 6) is 0. The summed E-state index contributed by atoms with van der Waals surface area (Å²) in [6.45, 7) is 2.37. The van der Waals surface area contributed by atoms with E-state index in [1.54, 1.807) is 4.90 Å². The number of nitrogens with zero attached hydrogens (tertiary/aromatic N) is 4. The topological polar surface area (TPSA) is 98.5 Å². The number of amides is 1. The van der Waals surface area contributed by atoms with Crippen LogP contribution in [0.4, 0.5) is 4.79 Å². The van der Waals surface area contributed by atoms with Crippen LogP contribution in [0.1, 0.15) is 96.0 Å². The molecule has 0 radical (unpaired) electrons. The van der Waals surface area contributed by atoms with E-state index in [1.165, 1.54) is 64.2 Å². The van der Waals surface area contributed by atoms with E-state index in [1.807, 2.05) is 30.3 Å². The average Bonchev–Trinajstić information content (AvgIpc) is 3.13. The molecule has 1 heterocycles. The second-order valence-corrected chi connectivity index (χ2v) is 9.16. The van der Waals surface area contributed by atoms with Gasteiger partial charge in [0.2, 0.25) is 0 Å². The number of benzene rings is 1. The van der Waals surface area contributed by atoms with Crippen LogP contribution in [0.5, 0.6) is 0 Å². The summed E-state index contributed by atoms with van der Waals surface area (Å²) in [4.78, 5) is 17.2. The maximum atomic E-state index is 12.6. The van der Waals surface area contributed by atoms with Crippen molar-refractivity contribution in [1.29, 1.82) is 0 Å². The molecule has 1 amide bonds. The van der Waals surface area contributed by atoms with Crippen molar-refractivity contribution in [2.45, 2.75) is 115 Å². The van der Waals surface area contributed by atoms with E-state index in [9.17, 15) is 9.90 Å². The number of aliphatic hydroxyl groups excluding tert-OH is 1. The third kappa shape index (κ3) is 9.65. The van der Waals surface area contributed by atoms with Crippen molar-refractivity contribution in [3.63, 3.8) is 0 Å². The number of rotatable bonds is 18. The van der Waals surface area contributed by atoms with Crippen LogP contribution in [-0.4, -0.2) is 40.9 Å². The molecule has 0 spiro atoms. The average molecular weight is 459 g/mol. The molecule has 1 fully saturated rings. The lowest BCUT2D eigenvalue weighted by Crippen LogP contribution is -2.42. The van der Waals surface area contributed by atoms with Gasteiger partial charge in [-0.1, -0.05) is 119 Å². The highest BCUT2D eigenvalue weighted by molar-refractivity contribution is 5.71. The van der Waals surface area contributed by atoms with Gasteiger partial charge in [0.1, 0.15) is 6.10 Å². The van der Waals surface area contributed by atoms with Gasteiger partial charge in [0.05, 0.1) is 18.7 Å². The molecule has 1 aliphatic heterocycles. The molecule has 184 valence electrons. The van der Waals surface area contributed by atoms with Crippen molar-refractivity contribution in [1.82, 2.24) is 4.90 Å². The second kappa shape index (κ2) is 16.4. The Morgan fingerprint density at radius 3 is 2.12 bits per heavy atom. The lowest BCUT2D eigenvalue weighted by molar-refractivity contribution is 0.0914. The molecule has 1 aliphatic rings. The second-order valence-electron chi connectivity index (χ2n) is 9.16. The summed E-state index contributed by atoms with van der Waals surface area (Å²) >= 11 is 0. The number of carbonyl (C=O) groups is 1. The first-order valence-corrected chi connectivity index (χ1v) is 12.9. The minimum atomic E-state index is -0.762. The molecule has 0 unspecified atom stereocenters. The highest BCUT2D eigenvalue weighted by Gasteiger charge is 2.44. The normalized spacial score (nSPS) is 18.7. The summed E-state index contributed by atoms with van der Waals surface area (Å²) in [6, 6.07) is 8.85. The predicted octanol–water partition coefficient (Wildman–Crippen LogP) is 7.14. The zero-order valence-corrected chi connectivity index (χ0v) is 20.3. The third-order valence-corrected chi connectivity index (χ3v) is 6.57. The van der Waals surface area contributed by atoms with Crippen LogP contribution in [0.25, 0.3) is 10.4 Å². The van der Waals surface area contributed by atoms with Crippen LogP contribution in [0.3, 0.4) is 0 Å². The fourth-order valence-corrected chi connectivity index (χ4v) is 4.66. The molecule has 1 aromatic carbocycles. The first-order chi connectivity index (χ1) is 16.2. The first-order valence-electron chi connectivity index (χ1n) is 12.9. The number of unbranched alkanes of at least 4 members (excludes halogenated alkanes) is 11. The number of hydrogen-bond donors (Lipinski definition) is 1. The summed E-state index contributed by atoms with van der Waals surface area (Å²) < 4.78 is 5.58. The van der Waals surface area contributed by atoms with Gasteiger partial charge in [0, 0.05) is 11.5 Å².